The molecule has 0 amide bonds. The van der Waals surface area contributed by atoms with Crippen LogP contribution < -0.4 is 5.32 Å². The van der Waals surface area contributed by atoms with Crippen molar-refractivity contribution < 1.29 is 0 Å². The van der Waals surface area contributed by atoms with Gasteiger partial charge in [0.15, 0.2) is 0 Å². The van der Waals surface area contributed by atoms with Gasteiger partial charge in [0.25, 0.3) is 0 Å². The van der Waals surface area contributed by atoms with Gasteiger partial charge in [-0.3, -0.25) is 0 Å². The van der Waals surface area contributed by atoms with Crippen LogP contribution in [0.15, 0.2) is 6.33 Å². The lowest BCUT2D eigenvalue weighted by atomic mass is 10.2. The van der Waals surface area contributed by atoms with Crippen molar-refractivity contribution in [3.05, 3.63) is 17.7 Å². The Hall–Kier alpha value is -1.03. The minimum atomic E-state index is 0.816. The maximum Gasteiger partial charge on any atom is 0.138 e. The summed E-state index contributed by atoms with van der Waals surface area (Å²) in [4.78, 5) is 4.11. The highest BCUT2D eigenvalue weighted by atomic mass is 15.2. The van der Waals surface area contributed by atoms with Crippen molar-refractivity contribution in [2.75, 3.05) is 6.54 Å². The molecule has 0 bridgehead atoms. The fourth-order valence-electron chi connectivity index (χ4n) is 1.08. The highest BCUT2D eigenvalue weighted by molar-refractivity contribution is 5.11. The third kappa shape index (κ3) is 0.863. The Morgan fingerprint density at radius 3 is 3.30 bits per heavy atom. The van der Waals surface area contributed by atoms with Gasteiger partial charge in [-0.15, -0.1) is 5.10 Å². The summed E-state index contributed by atoms with van der Waals surface area (Å²) in [6.07, 6.45) is 2.48. The number of fused-ring (bicyclic) bond motifs is 1. The second-order valence-corrected chi connectivity index (χ2v) is 2.28. The molecule has 0 saturated heterocycles. The molecule has 0 radical (unpaired) electrons. The molecule has 4 heteroatoms. The Bertz CT molecular complexity index is 210. The van der Waals surface area contributed by atoms with Crippen LogP contribution in [0.3, 0.4) is 0 Å². The number of nitrogens with zero attached hydrogens (tertiary/aromatic N) is 3. The Labute approximate surface area is 58.7 Å². The summed E-state index contributed by atoms with van der Waals surface area (Å²) < 4.78 is 0. The molecule has 0 atom stereocenters. The molecule has 1 aromatic heterocycles. The molecule has 0 fully saturated rings. The van der Waals surface area contributed by atoms with Crippen LogP contribution in [0, 0.1) is 0 Å². The predicted octanol–water partition coefficient (Wildman–Crippen LogP) is -0.483. The number of aromatic nitrogens is 3. The molecule has 2 heterocycles. The lowest BCUT2D eigenvalue weighted by molar-refractivity contribution is 0.598. The molecule has 0 aliphatic carbocycles. The topological polar surface area (TPSA) is 50.7 Å². The second-order valence-electron chi connectivity index (χ2n) is 2.28. The molecule has 0 aromatic carbocycles. The van der Waals surface area contributed by atoms with E-state index in [2.05, 4.69) is 20.5 Å². The predicted molar refractivity (Wildman–Crippen MR) is 35.2 cm³/mol. The first-order valence-electron chi connectivity index (χ1n) is 3.33. The quantitative estimate of drug-likeness (QED) is 0.523. The molecule has 4 nitrogen and oxygen atoms in total. The number of hydrogen-bond donors (Lipinski definition) is 1. The first kappa shape index (κ1) is 5.73. The van der Waals surface area contributed by atoms with E-state index in [0.29, 0.717) is 0 Å². The molecule has 0 unspecified atom stereocenters. The van der Waals surface area contributed by atoms with E-state index >= 15 is 0 Å². The SMILES string of the molecule is c1nnc2c(n1)CCNC2. The molecule has 1 aliphatic heterocycles. The molecule has 1 aromatic rings. The minimum absolute atomic E-state index is 0.816. The maximum absolute atomic E-state index is 4.11. The van der Waals surface area contributed by atoms with Gasteiger partial charge >= 0.3 is 0 Å². The zero-order valence-corrected chi connectivity index (χ0v) is 5.54. The van der Waals surface area contributed by atoms with E-state index in [1.54, 1.807) is 0 Å². The van der Waals surface area contributed by atoms with Crippen molar-refractivity contribution >= 4 is 0 Å². The van der Waals surface area contributed by atoms with Gasteiger partial charge in [0.05, 0.1) is 11.4 Å². The number of rotatable bonds is 0. The van der Waals surface area contributed by atoms with Gasteiger partial charge < -0.3 is 5.32 Å². The zero-order chi connectivity index (χ0) is 6.81. The third-order valence-corrected chi connectivity index (χ3v) is 1.61. The van der Waals surface area contributed by atoms with Crippen LogP contribution in [0.1, 0.15) is 11.4 Å². The second kappa shape index (κ2) is 2.30. The summed E-state index contributed by atoms with van der Waals surface area (Å²) in [6, 6.07) is 0. The van der Waals surface area contributed by atoms with E-state index in [9.17, 15) is 0 Å². The number of nitrogens with one attached hydrogen (secondary N) is 1. The molecular weight excluding hydrogens is 128 g/mol. The Kier molecular flexibility index (Phi) is 1.32. The van der Waals surface area contributed by atoms with E-state index in [1.807, 2.05) is 0 Å². The summed E-state index contributed by atoms with van der Waals surface area (Å²) in [5.74, 6) is 0. The third-order valence-electron chi connectivity index (χ3n) is 1.61. The van der Waals surface area contributed by atoms with Crippen molar-refractivity contribution in [1.29, 1.82) is 0 Å². The van der Waals surface area contributed by atoms with Crippen molar-refractivity contribution in [2.24, 2.45) is 0 Å². The van der Waals surface area contributed by atoms with Gasteiger partial charge in [0.1, 0.15) is 6.33 Å². The van der Waals surface area contributed by atoms with E-state index < -0.39 is 0 Å². The van der Waals surface area contributed by atoms with E-state index in [-0.39, 0.29) is 0 Å². The molecule has 10 heavy (non-hydrogen) atoms. The number of hydrogen-bond acceptors (Lipinski definition) is 4. The van der Waals surface area contributed by atoms with Crippen molar-refractivity contribution in [3.8, 4) is 0 Å². The fraction of sp³-hybridized carbons (Fsp3) is 0.500. The average molecular weight is 136 g/mol. The Morgan fingerprint density at radius 2 is 2.40 bits per heavy atom. The van der Waals surface area contributed by atoms with Gasteiger partial charge in [-0.05, 0) is 0 Å². The molecule has 52 valence electrons. The largest absolute Gasteiger partial charge is 0.311 e. The van der Waals surface area contributed by atoms with E-state index in [0.717, 1.165) is 30.9 Å². The standard InChI is InChI=1S/C6H8N4/c1-2-7-3-6-5(1)8-4-9-10-6/h4,7H,1-3H2. The monoisotopic (exact) mass is 136 g/mol. The first-order valence-corrected chi connectivity index (χ1v) is 3.33. The smallest absolute Gasteiger partial charge is 0.138 e. The molecule has 1 N–H and O–H groups in total. The van der Waals surface area contributed by atoms with Gasteiger partial charge in [-0.2, -0.15) is 5.10 Å². The molecule has 0 spiro atoms. The van der Waals surface area contributed by atoms with Crippen LogP contribution in [0.5, 0.6) is 0 Å². The average Bonchev–Trinajstić information content (AvgIpc) is 2.05. The fourth-order valence-corrected chi connectivity index (χ4v) is 1.08. The van der Waals surface area contributed by atoms with Crippen LogP contribution in [-0.2, 0) is 13.0 Å². The van der Waals surface area contributed by atoms with Gasteiger partial charge in [-0.1, -0.05) is 0 Å². The van der Waals surface area contributed by atoms with E-state index in [4.69, 9.17) is 0 Å². The molecule has 2 rings (SSSR count). The minimum Gasteiger partial charge on any atom is -0.311 e. The summed E-state index contributed by atoms with van der Waals surface area (Å²) >= 11 is 0. The normalized spacial score (nSPS) is 16.4. The highest BCUT2D eigenvalue weighted by Crippen LogP contribution is 2.04. The van der Waals surface area contributed by atoms with Crippen LogP contribution in [-0.4, -0.2) is 21.7 Å². The van der Waals surface area contributed by atoms with Gasteiger partial charge in [0.2, 0.25) is 0 Å². The highest BCUT2D eigenvalue weighted by Gasteiger charge is 2.09. The molecular formula is C6H8N4. The molecule has 1 aliphatic rings. The van der Waals surface area contributed by atoms with Crippen LogP contribution in [0.4, 0.5) is 0 Å². The summed E-state index contributed by atoms with van der Waals surface area (Å²) in [6.45, 7) is 1.82. The summed E-state index contributed by atoms with van der Waals surface area (Å²) in [7, 11) is 0. The van der Waals surface area contributed by atoms with Crippen LogP contribution in [0.2, 0.25) is 0 Å². The maximum atomic E-state index is 4.11. The summed E-state index contributed by atoms with van der Waals surface area (Å²) in [5.41, 5.74) is 2.09. The molecule has 0 saturated carbocycles. The van der Waals surface area contributed by atoms with Crippen molar-refractivity contribution in [3.63, 3.8) is 0 Å². The van der Waals surface area contributed by atoms with Crippen molar-refractivity contribution in [1.82, 2.24) is 20.5 Å². The zero-order valence-electron chi connectivity index (χ0n) is 5.54. The first-order chi connectivity index (χ1) is 4.97. The van der Waals surface area contributed by atoms with Gasteiger partial charge in [-0.25, -0.2) is 4.98 Å². The lowest BCUT2D eigenvalue weighted by Crippen LogP contribution is -2.25. The van der Waals surface area contributed by atoms with Crippen LogP contribution >= 0.6 is 0 Å². The van der Waals surface area contributed by atoms with Gasteiger partial charge in [0, 0.05) is 19.5 Å². The Balaban J connectivity index is 2.41. The van der Waals surface area contributed by atoms with Crippen LogP contribution in [0.25, 0.3) is 0 Å². The van der Waals surface area contributed by atoms with Crippen molar-refractivity contribution in [2.45, 2.75) is 13.0 Å². The summed E-state index contributed by atoms with van der Waals surface area (Å²) in [5, 5.41) is 10.8. The van der Waals surface area contributed by atoms with E-state index in [1.165, 1.54) is 6.33 Å². The Morgan fingerprint density at radius 1 is 1.40 bits per heavy atom. The lowest BCUT2D eigenvalue weighted by Gasteiger charge is -2.12.